The number of benzene rings is 5. The van der Waals surface area contributed by atoms with Crippen LogP contribution in [0, 0.1) is 0 Å². The largest absolute Gasteiger partial charge is 0.456 e. The molecule has 2 heterocycles. The van der Waals surface area contributed by atoms with Gasteiger partial charge in [-0.3, -0.25) is 0 Å². The molecule has 7 aromatic rings. The number of para-hydroxylation sites is 1. The molecule has 170 valence electrons. The van der Waals surface area contributed by atoms with Gasteiger partial charge in [0.15, 0.2) is 11.6 Å². The van der Waals surface area contributed by atoms with Crippen LogP contribution in [0.2, 0.25) is 5.28 Å². The molecule has 0 unspecified atom stereocenters. The van der Waals surface area contributed by atoms with Gasteiger partial charge in [-0.25, -0.2) is 4.98 Å². The highest BCUT2D eigenvalue weighted by Crippen LogP contribution is 2.40. The second kappa shape index (κ2) is 8.29. The SMILES string of the molecule is Clc1nc(-c2ccccc2)nc(-c2cccc3c(-c4cccc5oc6ccccc6c45)cccc23)n1. The van der Waals surface area contributed by atoms with Gasteiger partial charge in [0.2, 0.25) is 5.28 Å². The Bertz CT molecular complexity index is 1910. The van der Waals surface area contributed by atoms with E-state index in [1.165, 1.54) is 0 Å². The Kier molecular flexibility index (Phi) is 4.79. The summed E-state index contributed by atoms with van der Waals surface area (Å²) in [5, 5.41) is 4.53. The lowest BCUT2D eigenvalue weighted by Gasteiger charge is -2.12. The second-order valence-corrected chi connectivity index (χ2v) is 8.94. The lowest BCUT2D eigenvalue weighted by Crippen LogP contribution is -1.98. The van der Waals surface area contributed by atoms with E-state index in [0.29, 0.717) is 11.6 Å². The van der Waals surface area contributed by atoms with Crippen LogP contribution in [0.25, 0.3) is 66.6 Å². The van der Waals surface area contributed by atoms with Crippen LogP contribution in [-0.4, -0.2) is 15.0 Å². The van der Waals surface area contributed by atoms with Gasteiger partial charge in [0.05, 0.1) is 0 Å². The van der Waals surface area contributed by atoms with Crippen molar-refractivity contribution in [3.8, 4) is 33.9 Å². The van der Waals surface area contributed by atoms with Gasteiger partial charge in [-0.15, -0.1) is 0 Å². The summed E-state index contributed by atoms with van der Waals surface area (Å²) in [5.41, 5.74) is 5.80. The van der Waals surface area contributed by atoms with E-state index >= 15 is 0 Å². The van der Waals surface area contributed by atoms with Crippen LogP contribution in [0.5, 0.6) is 0 Å². The smallest absolute Gasteiger partial charge is 0.226 e. The van der Waals surface area contributed by atoms with E-state index in [2.05, 4.69) is 46.4 Å². The van der Waals surface area contributed by atoms with Crippen LogP contribution in [0.15, 0.2) is 114 Å². The first kappa shape index (κ1) is 20.8. The van der Waals surface area contributed by atoms with Gasteiger partial charge in [0.1, 0.15) is 11.2 Å². The molecule has 0 N–H and O–H groups in total. The van der Waals surface area contributed by atoms with Crippen molar-refractivity contribution < 1.29 is 4.42 Å². The van der Waals surface area contributed by atoms with Gasteiger partial charge in [0, 0.05) is 21.9 Å². The van der Waals surface area contributed by atoms with Crippen LogP contribution in [-0.2, 0) is 0 Å². The molecule has 2 aromatic heterocycles. The Hall–Kier alpha value is -4.54. The number of furan rings is 1. The lowest BCUT2D eigenvalue weighted by molar-refractivity contribution is 0.669. The maximum atomic E-state index is 6.36. The third kappa shape index (κ3) is 3.35. The minimum absolute atomic E-state index is 0.168. The first-order valence-corrected chi connectivity index (χ1v) is 12.0. The quantitative estimate of drug-likeness (QED) is 0.252. The molecule has 0 aliphatic heterocycles. The maximum Gasteiger partial charge on any atom is 0.226 e. The summed E-state index contributed by atoms with van der Waals surface area (Å²) in [5.74, 6) is 1.09. The van der Waals surface area contributed by atoms with Crippen molar-refractivity contribution in [1.29, 1.82) is 0 Å². The summed E-state index contributed by atoms with van der Waals surface area (Å²) in [6.45, 7) is 0. The van der Waals surface area contributed by atoms with Crippen molar-refractivity contribution in [2.45, 2.75) is 0 Å². The molecule has 0 bridgehead atoms. The Morgan fingerprint density at radius 2 is 1.08 bits per heavy atom. The van der Waals surface area contributed by atoms with Crippen LogP contribution < -0.4 is 0 Å². The molecule has 7 rings (SSSR count). The molecule has 0 radical (unpaired) electrons. The summed E-state index contributed by atoms with van der Waals surface area (Å²) < 4.78 is 6.15. The molecule has 0 aliphatic rings. The fourth-order valence-corrected chi connectivity index (χ4v) is 5.09. The summed E-state index contributed by atoms with van der Waals surface area (Å²) in [7, 11) is 0. The Labute approximate surface area is 211 Å². The third-order valence-corrected chi connectivity index (χ3v) is 6.66. The predicted octanol–water partition coefficient (Wildman–Crippen LogP) is 8.58. The minimum atomic E-state index is 0.168. The topological polar surface area (TPSA) is 51.8 Å². The highest BCUT2D eigenvalue weighted by molar-refractivity contribution is 6.28. The summed E-state index contributed by atoms with van der Waals surface area (Å²) in [6, 6.07) is 36.7. The van der Waals surface area contributed by atoms with Crippen molar-refractivity contribution in [3.63, 3.8) is 0 Å². The Balaban J connectivity index is 1.47. The van der Waals surface area contributed by atoms with Crippen LogP contribution >= 0.6 is 11.6 Å². The van der Waals surface area contributed by atoms with E-state index in [4.69, 9.17) is 21.0 Å². The van der Waals surface area contributed by atoms with E-state index in [1.54, 1.807) is 0 Å². The number of hydrogen-bond donors (Lipinski definition) is 0. The number of halogens is 1. The highest BCUT2D eigenvalue weighted by atomic mass is 35.5. The van der Waals surface area contributed by atoms with Crippen molar-refractivity contribution in [3.05, 3.63) is 114 Å². The maximum absolute atomic E-state index is 6.36. The number of fused-ring (bicyclic) bond motifs is 4. The molecule has 0 saturated carbocycles. The molecular formula is C31H18ClN3O. The Morgan fingerprint density at radius 1 is 0.472 bits per heavy atom. The molecule has 5 aromatic carbocycles. The van der Waals surface area contributed by atoms with Crippen LogP contribution in [0.3, 0.4) is 0 Å². The number of hydrogen-bond acceptors (Lipinski definition) is 4. The van der Waals surface area contributed by atoms with Crippen molar-refractivity contribution >= 4 is 44.3 Å². The minimum Gasteiger partial charge on any atom is -0.456 e. The molecule has 0 spiro atoms. The molecule has 5 heteroatoms. The average Bonchev–Trinajstić information content (AvgIpc) is 3.31. The zero-order valence-electron chi connectivity index (χ0n) is 19.0. The normalized spacial score (nSPS) is 11.5. The fourth-order valence-electron chi connectivity index (χ4n) is 4.93. The van der Waals surface area contributed by atoms with E-state index in [9.17, 15) is 0 Å². The molecule has 0 amide bonds. The highest BCUT2D eigenvalue weighted by Gasteiger charge is 2.16. The van der Waals surface area contributed by atoms with Gasteiger partial charge in [-0.1, -0.05) is 97.1 Å². The summed E-state index contributed by atoms with van der Waals surface area (Å²) in [6.07, 6.45) is 0. The number of nitrogens with zero attached hydrogens (tertiary/aromatic N) is 3. The van der Waals surface area contributed by atoms with Crippen molar-refractivity contribution in [2.75, 3.05) is 0 Å². The van der Waals surface area contributed by atoms with Gasteiger partial charge >= 0.3 is 0 Å². The number of aromatic nitrogens is 3. The average molecular weight is 484 g/mol. The van der Waals surface area contributed by atoms with Gasteiger partial charge in [-0.05, 0) is 45.6 Å². The second-order valence-electron chi connectivity index (χ2n) is 8.60. The molecular weight excluding hydrogens is 466 g/mol. The molecule has 0 atom stereocenters. The standard InChI is InChI=1S/C31H18ClN3O/c32-31-34-29(19-9-2-1-3-10-19)33-30(35-31)24-16-7-12-20-21(13-6-14-22(20)24)23-15-8-18-27-28(23)25-11-4-5-17-26(25)36-27/h1-18H. The summed E-state index contributed by atoms with van der Waals surface area (Å²) >= 11 is 6.36. The molecule has 0 saturated heterocycles. The first-order chi connectivity index (χ1) is 17.8. The molecule has 0 aliphatic carbocycles. The lowest BCUT2D eigenvalue weighted by atomic mass is 9.93. The van der Waals surface area contributed by atoms with E-state index < -0.39 is 0 Å². The van der Waals surface area contributed by atoms with Crippen molar-refractivity contribution in [2.24, 2.45) is 0 Å². The zero-order valence-corrected chi connectivity index (χ0v) is 19.8. The number of rotatable bonds is 3. The predicted molar refractivity (Wildman–Crippen MR) is 146 cm³/mol. The van der Waals surface area contributed by atoms with E-state index in [-0.39, 0.29) is 5.28 Å². The molecule has 0 fully saturated rings. The third-order valence-electron chi connectivity index (χ3n) is 6.50. The van der Waals surface area contributed by atoms with Crippen LogP contribution in [0.1, 0.15) is 0 Å². The van der Waals surface area contributed by atoms with Gasteiger partial charge in [-0.2, -0.15) is 9.97 Å². The molecule has 4 nitrogen and oxygen atoms in total. The van der Waals surface area contributed by atoms with Crippen LogP contribution in [0.4, 0.5) is 0 Å². The van der Waals surface area contributed by atoms with Gasteiger partial charge < -0.3 is 4.42 Å². The van der Waals surface area contributed by atoms with E-state index in [0.717, 1.165) is 55.0 Å². The Morgan fingerprint density at radius 3 is 1.94 bits per heavy atom. The fraction of sp³-hybridized carbons (Fsp3) is 0. The summed E-state index contributed by atoms with van der Waals surface area (Å²) in [4.78, 5) is 13.6. The zero-order chi connectivity index (χ0) is 24.1. The van der Waals surface area contributed by atoms with Gasteiger partial charge in [0.25, 0.3) is 0 Å². The molecule has 36 heavy (non-hydrogen) atoms. The van der Waals surface area contributed by atoms with E-state index in [1.807, 2.05) is 72.8 Å². The van der Waals surface area contributed by atoms with Crippen molar-refractivity contribution in [1.82, 2.24) is 15.0 Å². The first-order valence-electron chi connectivity index (χ1n) is 11.7. The monoisotopic (exact) mass is 483 g/mol.